The maximum atomic E-state index is 12.3. The van der Waals surface area contributed by atoms with E-state index < -0.39 is 0 Å². The van der Waals surface area contributed by atoms with Gasteiger partial charge in [-0.15, -0.1) is 5.10 Å². The number of rotatable bonds is 2. The molecule has 0 bridgehead atoms. The number of para-hydroxylation sites is 1. The molecule has 0 radical (unpaired) electrons. The summed E-state index contributed by atoms with van der Waals surface area (Å²) in [5, 5.41) is 10.9. The molecule has 5 heteroatoms. The molecule has 3 rings (SSSR count). The number of hydrogen-bond acceptors (Lipinski definition) is 3. The van der Waals surface area contributed by atoms with Gasteiger partial charge in [-0.2, -0.15) is 0 Å². The van der Waals surface area contributed by atoms with Crippen molar-refractivity contribution in [3.8, 4) is 0 Å². The van der Waals surface area contributed by atoms with Crippen LogP contribution in [0.4, 0.5) is 5.69 Å². The molecule has 1 heterocycles. The molecule has 0 saturated carbocycles. The SMILES string of the molecule is Cc1ccccc1NC(=O)c1ccc2c(c1)nnn2C. The number of benzene rings is 2. The van der Waals surface area contributed by atoms with Crippen molar-refractivity contribution in [2.24, 2.45) is 7.05 Å². The summed E-state index contributed by atoms with van der Waals surface area (Å²) in [5.74, 6) is -0.146. The van der Waals surface area contributed by atoms with E-state index in [4.69, 9.17) is 0 Å². The Balaban J connectivity index is 1.91. The zero-order valence-corrected chi connectivity index (χ0v) is 11.3. The molecule has 0 aliphatic carbocycles. The molecule has 1 aromatic heterocycles. The molecule has 0 saturated heterocycles. The molecule has 1 amide bonds. The average Bonchev–Trinajstić information content (AvgIpc) is 2.82. The maximum absolute atomic E-state index is 12.3. The molecular weight excluding hydrogens is 252 g/mol. The molecule has 3 aromatic rings. The van der Waals surface area contributed by atoms with Gasteiger partial charge in [0.15, 0.2) is 0 Å². The summed E-state index contributed by atoms with van der Waals surface area (Å²) in [6.45, 7) is 1.96. The molecule has 2 aromatic carbocycles. The van der Waals surface area contributed by atoms with Crippen molar-refractivity contribution in [1.29, 1.82) is 0 Å². The van der Waals surface area contributed by atoms with E-state index in [9.17, 15) is 4.79 Å². The van der Waals surface area contributed by atoms with Crippen molar-refractivity contribution < 1.29 is 4.79 Å². The zero-order valence-electron chi connectivity index (χ0n) is 11.3. The van der Waals surface area contributed by atoms with Crippen LogP contribution in [0.1, 0.15) is 15.9 Å². The molecule has 5 nitrogen and oxygen atoms in total. The van der Waals surface area contributed by atoms with Crippen LogP contribution in [0, 0.1) is 6.92 Å². The second kappa shape index (κ2) is 4.77. The summed E-state index contributed by atoms with van der Waals surface area (Å²) >= 11 is 0. The van der Waals surface area contributed by atoms with E-state index in [1.807, 2.05) is 44.3 Å². The van der Waals surface area contributed by atoms with Crippen molar-refractivity contribution >= 4 is 22.6 Å². The Morgan fingerprint density at radius 2 is 2.00 bits per heavy atom. The molecule has 1 N–H and O–H groups in total. The highest BCUT2D eigenvalue weighted by Crippen LogP contribution is 2.17. The lowest BCUT2D eigenvalue weighted by Crippen LogP contribution is -2.12. The Morgan fingerprint density at radius 1 is 1.20 bits per heavy atom. The quantitative estimate of drug-likeness (QED) is 0.775. The minimum absolute atomic E-state index is 0.146. The third-order valence-electron chi connectivity index (χ3n) is 3.27. The summed E-state index contributed by atoms with van der Waals surface area (Å²) in [4.78, 5) is 12.3. The van der Waals surface area contributed by atoms with Crippen LogP contribution in [0.5, 0.6) is 0 Å². The van der Waals surface area contributed by atoms with Crippen LogP contribution >= 0.6 is 0 Å². The number of hydrogen-bond donors (Lipinski definition) is 1. The molecule has 0 atom stereocenters. The van der Waals surface area contributed by atoms with Crippen LogP contribution in [0.2, 0.25) is 0 Å². The van der Waals surface area contributed by atoms with E-state index in [-0.39, 0.29) is 5.91 Å². The summed E-state index contributed by atoms with van der Waals surface area (Å²) in [5.41, 5.74) is 4.03. The lowest BCUT2D eigenvalue weighted by molar-refractivity contribution is 0.102. The van der Waals surface area contributed by atoms with Gasteiger partial charge in [0.2, 0.25) is 0 Å². The summed E-state index contributed by atoms with van der Waals surface area (Å²) in [6, 6.07) is 13.1. The summed E-state index contributed by atoms with van der Waals surface area (Å²) < 4.78 is 1.68. The van der Waals surface area contributed by atoms with Crippen LogP contribution in [0.25, 0.3) is 11.0 Å². The predicted molar refractivity (Wildman–Crippen MR) is 77.6 cm³/mol. The van der Waals surface area contributed by atoms with Gasteiger partial charge in [0, 0.05) is 18.3 Å². The Morgan fingerprint density at radius 3 is 2.80 bits per heavy atom. The normalized spacial score (nSPS) is 10.7. The van der Waals surface area contributed by atoms with Crippen molar-refractivity contribution in [2.45, 2.75) is 6.92 Å². The standard InChI is InChI=1S/C15H14N4O/c1-10-5-3-4-6-12(10)16-15(20)11-7-8-14-13(9-11)17-18-19(14)2/h3-9H,1-2H3,(H,16,20). The van der Waals surface area contributed by atoms with Gasteiger partial charge in [-0.05, 0) is 36.8 Å². The molecule has 100 valence electrons. The third kappa shape index (κ3) is 2.14. The third-order valence-corrected chi connectivity index (χ3v) is 3.27. The first-order valence-corrected chi connectivity index (χ1v) is 6.31. The van der Waals surface area contributed by atoms with Gasteiger partial charge >= 0.3 is 0 Å². The number of fused-ring (bicyclic) bond motifs is 1. The van der Waals surface area contributed by atoms with E-state index in [0.717, 1.165) is 16.8 Å². The van der Waals surface area contributed by atoms with E-state index in [1.54, 1.807) is 16.8 Å². The highest BCUT2D eigenvalue weighted by Gasteiger charge is 2.10. The fourth-order valence-corrected chi connectivity index (χ4v) is 2.09. The Bertz CT molecular complexity index is 791. The number of nitrogens with zero attached hydrogens (tertiary/aromatic N) is 3. The number of carbonyl (C=O) groups excluding carboxylic acids is 1. The second-order valence-electron chi connectivity index (χ2n) is 4.69. The first-order valence-electron chi connectivity index (χ1n) is 6.31. The fraction of sp³-hybridized carbons (Fsp3) is 0.133. The minimum atomic E-state index is -0.146. The number of amides is 1. The monoisotopic (exact) mass is 266 g/mol. The van der Waals surface area contributed by atoms with Crippen molar-refractivity contribution in [2.75, 3.05) is 5.32 Å². The molecule has 0 fully saturated rings. The fourth-order valence-electron chi connectivity index (χ4n) is 2.09. The first-order chi connectivity index (χ1) is 9.65. The lowest BCUT2D eigenvalue weighted by atomic mass is 10.1. The van der Waals surface area contributed by atoms with Crippen molar-refractivity contribution in [3.63, 3.8) is 0 Å². The van der Waals surface area contributed by atoms with Crippen LogP contribution in [0.15, 0.2) is 42.5 Å². The van der Waals surface area contributed by atoms with E-state index in [1.165, 1.54) is 0 Å². The first kappa shape index (κ1) is 12.3. The van der Waals surface area contributed by atoms with Crippen LogP contribution in [-0.4, -0.2) is 20.9 Å². The number of nitrogens with one attached hydrogen (secondary N) is 1. The molecule has 0 unspecified atom stereocenters. The van der Waals surface area contributed by atoms with Crippen molar-refractivity contribution in [3.05, 3.63) is 53.6 Å². The van der Waals surface area contributed by atoms with Gasteiger partial charge in [0.25, 0.3) is 5.91 Å². The Hall–Kier alpha value is -2.69. The van der Waals surface area contributed by atoms with Gasteiger partial charge in [-0.3, -0.25) is 4.79 Å². The number of aryl methyl sites for hydroxylation is 2. The molecule has 0 spiro atoms. The number of anilines is 1. The van der Waals surface area contributed by atoms with Crippen molar-refractivity contribution in [1.82, 2.24) is 15.0 Å². The molecule has 0 aliphatic heterocycles. The van der Waals surface area contributed by atoms with Gasteiger partial charge in [-0.25, -0.2) is 4.68 Å². The van der Waals surface area contributed by atoms with Crippen LogP contribution in [-0.2, 0) is 7.05 Å². The van der Waals surface area contributed by atoms with E-state index >= 15 is 0 Å². The molecule has 0 aliphatic rings. The Kier molecular flexibility index (Phi) is 2.95. The predicted octanol–water partition coefficient (Wildman–Crippen LogP) is 2.53. The van der Waals surface area contributed by atoms with Gasteiger partial charge in [0.1, 0.15) is 5.52 Å². The van der Waals surface area contributed by atoms with E-state index in [0.29, 0.717) is 11.1 Å². The highest BCUT2D eigenvalue weighted by atomic mass is 16.1. The smallest absolute Gasteiger partial charge is 0.255 e. The van der Waals surface area contributed by atoms with Crippen LogP contribution in [0.3, 0.4) is 0 Å². The Labute approximate surface area is 116 Å². The lowest BCUT2D eigenvalue weighted by Gasteiger charge is -2.07. The zero-order chi connectivity index (χ0) is 14.1. The topological polar surface area (TPSA) is 59.8 Å². The van der Waals surface area contributed by atoms with Gasteiger partial charge < -0.3 is 5.32 Å². The van der Waals surface area contributed by atoms with Gasteiger partial charge in [-0.1, -0.05) is 23.4 Å². The van der Waals surface area contributed by atoms with Gasteiger partial charge in [0.05, 0.1) is 5.52 Å². The average molecular weight is 266 g/mol. The largest absolute Gasteiger partial charge is 0.322 e. The van der Waals surface area contributed by atoms with Crippen LogP contribution < -0.4 is 5.32 Å². The number of carbonyl (C=O) groups is 1. The van der Waals surface area contributed by atoms with E-state index in [2.05, 4.69) is 15.6 Å². The second-order valence-corrected chi connectivity index (χ2v) is 4.69. The maximum Gasteiger partial charge on any atom is 0.255 e. The molecule has 20 heavy (non-hydrogen) atoms. The molecular formula is C15H14N4O. The highest BCUT2D eigenvalue weighted by molar-refractivity contribution is 6.06. The summed E-state index contributed by atoms with van der Waals surface area (Å²) in [7, 11) is 1.82. The summed E-state index contributed by atoms with van der Waals surface area (Å²) in [6.07, 6.45) is 0. The minimum Gasteiger partial charge on any atom is -0.322 e. The number of aromatic nitrogens is 3.